The van der Waals surface area contributed by atoms with E-state index in [1.54, 1.807) is 25.9 Å². The van der Waals surface area contributed by atoms with E-state index in [9.17, 15) is 9.59 Å². The fourth-order valence-electron chi connectivity index (χ4n) is 2.49. The first-order valence-corrected chi connectivity index (χ1v) is 8.03. The Kier molecular flexibility index (Phi) is 3.77. The van der Waals surface area contributed by atoms with Crippen LogP contribution in [0.5, 0.6) is 0 Å². The molecule has 23 heavy (non-hydrogen) atoms. The standard InChI is InChI=1S/C17H17N3O2S/c1-10-13-15(18-11(2)19(3)16(13)21)23-14(10)17(22)20(4)12-8-6-5-7-9-12/h5-9H,1-4H3. The molecule has 0 atom stereocenters. The van der Waals surface area contributed by atoms with Crippen molar-refractivity contribution >= 4 is 33.1 Å². The Balaban J connectivity index is 2.14. The number of carbonyl (C=O) groups is 1. The number of benzene rings is 1. The zero-order valence-corrected chi connectivity index (χ0v) is 14.3. The predicted molar refractivity (Wildman–Crippen MR) is 93.5 cm³/mol. The maximum absolute atomic E-state index is 12.8. The van der Waals surface area contributed by atoms with Gasteiger partial charge in [0.1, 0.15) is 10.7 Å². The Morgan fingerprint density at radius 1 is 1.22 bits per heavy atom. The van der Waals surface area contributed by atoms with E-state index in [0.717, 1.165) is 5.69 Å². The summed E-state index contributed by atoms with van der Waals surface area (Å²) in [6.07, 6.45) is 0. The van der Waals surface area contributed by atoms with E-state index in [1.807, 2.05) is 37.3 Å². The number of rotatable bonds is 2. The first kappa shape index (κ1) is 15.4. The molecule has 0 spiro atoms. The molecule has 0 radical (unpaired) electrons. The van der Waals surface area contributed by atoms with Crippen LogP contribution in [0.15, 0.2) is 35.1 Å². The monoisotopic (exact) mass is 327 g/mol. The Labute approximate surface area is 137 Å². The molecule has 0 aliphatic heterocycles. The number of thiophene rings is 1. The minimum absolute atomic E-state index is 0.109. The Morgan fingerprint density at radius 2 is 1.87 bits per heavy atom. The Morgan fingerprint density at radius 3 is 2.52 bits per heavy atom. The largest absolute Gasteiger partial charge is 0.311 e. The van der Waals surface area contributed by atoms with Crippen LogP contribution in [0.4, 0.5) is 5.69 Å². The maximum atomic E-state index is 12.8. The summed E-state index contributed by atoms with van der Waals surface area (Å²) in [5.74, 6) is 0.510. The molecule has 0 unspecified atom stereocenters. The number of aryl methyl sites for hydroxylation is 2. The molecule has 0 aliphatic rings. The summed E-state index contributed by atoms with van der Waals surface area (Å²) >= 11 is 1.28. The van der Waals surface area contributed by atoms with Crippen LogP contribution in [0.2, 0.25) is 0 Å². The van der Waals surface area contributed by atoms with E-state index in [2.05, 4.69) is 4.98 Å². The Hall–Kier alpha value is -2.47. The fourth-order valence-corrected chi connectivity index (χ4v) is 3.68. The Bertz CT molecular complexity index is 957. The lowest BCUT2D eigenvalue weighted by molar-refractivity contribution is 0.0996. The average Bonchev–Trinajstić information content (AvgIpc) is 2.88. The number of hydrogen-bond donors (Lipinski definition) is 0. The van der Waals surface area contributed by atoms with Crippen LogP contribution in [0.3, 0.4) is 0 Å². The molecule has 0 bridgehead atoms. The van der Waals surface area contributed by atoms with Crippen molar-refractivity contribution in [2.75, 3.05) is 11.9 Å². The number of para-hydroxylation sites is 1. The maximum Gasteiger partial charge on any atom is 0.268 e. The first-order valence-electron chi connectivity index (χ1n) is 7.21. The smallest absolute Gasteiger partial charge is 0.268 e. The molecule has 1 aromatic carbocycles. The van der Waals surface area contributed by atoms with Crippen LogP contribution in [0.25, 0.3) is 10.2 Å². The average molecular weight is 327 g/mol. The van der Waals surface area contributed by atoms with Gasteiger partial charge in [0.15, 0.2) is 0 Å². The lowest BCUT2D eigenvalue weighted by Gasteiger charge is -2.16. The van der Waals surface area contributed by atoms with Gasteiger partial charge in [0.25, 0.3) is 11.5 Å². The van der Waals surface area contributed by atoms with E-state index < -0.39 is 0 Å². The van der Waals surface area contributed by atoms with Gasteiger partial charge in [-0.05, 0) is 31.5 Å². The van der Waals surface area contributed by atoms with Gasteiger partial charge in [0.2, 0.25) is 0 Å². The molecule has 3 rings (SSSR count). The van der Waals surface area contributed by atoms with Crippen molar-refractivity contribution in [1.82, 2.24) is 9.55 Å². The van der Waals surface area contributed by atoms with Gasteiger partial charge in [0, 0.05) is 19.8 Å². The van der Waals surface area contributed by atoms with E-state index in [0.29, 0.717) is 26.5 Å². The molecule has 5 nitrogen and oxygen atoms in total. The van der Waals surface area contributed by atoms with Crippen molar-refractivity contribution in [3.63, 3.8) is 0 Å². The highest BCUT2D eigenvalue weighted by atomic mass is 32.1. The summed E-state index contributed by atoms with van der Waals surface area (Å²) in [7, 11) is 3.43. The zero-order valence-electron chi connectivity index (χ0n) is 13.5. The van der Waals surface area contributed by atoms with Crippen LogP contribution in [-0.4, -0.2) is 22.5 Å². The molecule has 1 amide bonds. The van der Waals surface area contributed by atoms with Crippen molar-refractivity contribution in [2.24, 2.45) is 7.05 Å². The van der Waals surface area contributed by atoms with Crippen LogP contribution in [0, 0.1) is 13.8 Å². The van der Waals surface area contributed by atoms with E-state index in [-0.39, 0.29) is 11.5 Å². The molecule has 0 fully saturated rings. The molecule has 2 aromatic heterocycles. The number of nitrogens with zero attached hydrogens (tertiary/aromatic N) is 3. The SMILES string of the molecule is Cc1c(C(=O)N(C)c2ccccc2)sc2nc(C)n(C)c(=O)c12. The van der Waals surface area contributed by atoms with E-state index in [4.69, 9.17) is 0 Å². The summed E-state index contributed by atoms with van der Waals surface area (Å²) in [6, 6.07) is 9.43. The quantitative estimate of drug-likeness (QED) is 0.727. The summed E-state index contributed by atoms with van der Waals surface area (Å²) in [4.78, 5) is 32.5. The second kappa shape index (κ2) is 5.62. The van der Waals surface area contributed by atoms with Gasteiger partial charge in [0.05, 0.1) is 10.3 Å². The highest BCUT2D eigenvalue weighted by molar-refractivity contribution is 7.20. The second-order valence-corrected chi connectivity index (χ2v) is 6.46. The molecular formula is C17H17N3O2S. The van der Waals surface area contributed by atoms with Crippen molar-refractivity contribution in [3.05, 3.63) is 57.0 Å². The number of amides is 1. The third-order valence-electron chi connectivity index (χ3n) is 4.04. The van der Waals surface area contributed by atoms with Crippen LogP contribution in [0.1, 0.15) is 21.1 Å². The van der Waals surface area contributed by atoms with Gasteiger partial charge in [-0.15, -0.1) is 11.3 Å². The molecule has 118 valence electrons. The highest BCUT2D eigenvalue weighted by Crippen LogP contribution is 2.29. The van der Waals surface area contributed by atoms with Crippen LogP contribution < -0.4 is 10.5 Å². The summed E-state index contributed by atoms with van der Waals surface area (Å²) in [5, 5.41) is 0.535. The minimum Gasteiger partial charge on any atom is -0.311 e. The van der Waals surface area contributed by atoms with Gasteiger partial charge in [-0.25, -0.2) is 4.98 Å². The fraction of sp³-hybridized carbons (Fsp3) is 0.235. The molecule has 0 N–H and O–H groups in total. The number of anilines is 1. The van der Waals surface area contributed by atoms with Gasteiger partial charge in [-0.3, -0.25) is 14.2 Å². The van der Waals surface area contributed by atoms with Crippen molar-refractivity contribution in [1.29, 1.82) is 0 Å². The molecule has 0 saturated heterocycles. The number of fused-ring (bicyclic) bond motifs is 1. The molecular weight excluding hydrogens is 310 g/mol. The molecule has 0 saturated carbocycles. The first-order chi connectivity index (χ1) is 10.9. The van der Waals surface area contributed by atoms with Gasteiger partial charge < -0.3 is 4.90 Å². The second-order valence-electron chi connectivity index (χ2n) is 5.46. The highest BCUT2D eigenvalue weighted by Gasteiger charge is 2.22. The lowest BCUT2D eigenvalue weighted by atomic mass is 10.2. The lowest BCUT2D eigenvalue weighted by Crippen LogP contribution is -2.26. The van der Waals surface area contributed by atoms with E-state index >= 15 is 0 Å². The summed E-state index contributed by atoms with van der Waals surface area (Å²) in [5.41, 5.74) is 1.40. The summed E-state index contributed by atoms with van der Waals surface area (Å²) in [6.45, 7) is 3.59. The molecule has 0 aliphatic carbocycles. The van der Waals surface area contributed by atoms with Crippen LogP contribution in [-0.2, 0) is 7.05 Å². The third kappa shape index (κ3) is 2.45. The predicted octanol–water partition coefficient (Wildman–Crippen LogP) is 2.89. The molecule has 6 heteroatoms. The number of carbonyl (C=O) groups excluding carboxylic acids is 1. The normalized spacial score (nSPS) is 11.0. The number of hydrogen-bond acceptors (Lipinski definition) is 4. The minimum atomic E-state index is -0.128. The topological polar surface area (TPSA) is 55.2 Å². The van der Waals surface area contributed by atoms with Crippen molar-refractivity contribution in [2.45, 2.75) is 13.8 Å². The van der Waals surface area contributed by atoms with Crippen molar-refractivity contribution in [3.8, 4) is 0 Å². The van der Waals surface area contributed by atoms with E-state index in [1.165, 1.54) is 15.9 Å². The molecule has 2 heterocycles. The van der Waals surface area contributed by atoms with Crippen molar-refractivity contribution < 1.29 is 4.79 Å². The number of aromatic nitrogens is 2. The third-order valence-corrected chi connectivity index (χ3v) is 5.21. The molecule has 3 aromatic rings. The zero-order chi connectivity index (χ0) is 16.7. The summed E-state index contributed by atoms with van der Waals surface area (Å²) < 4.78 is 1.51. The van der Waals surface area contributed by atoms with Gasteiger partial charge >= 0.3 is 0 Å². The van der Waals surface area contributed by atoms with Gasteiger partial charge in [-0.2, -0.15) is 0 Å². The van der Waals surface area contributed by atoms with Crippen LogP contribution >= 0.6 is 11.3 Å². The van der Waals surface area contributed by atoms with Gasteiger partial charge in [-0.1, -0.05) is 18.2 Å².